The lowest BCUT2D eigenvalue weighted by Gasteiger charge is -2.24. The number of nitrogens with one attached hydrogen (secondary N) is 2. The van der Waals surface area contributed by atoms with Gasteiger partial charge >= 0.3 is 12.1 Å². The molecule has 9 nitrogen and oxygen atoms in total. The first-order valence-electron chi connectivity index (χ1n) is 19.8. The number of quaternary nitrogens is 1. The second-order valence-electron chi connectivity index (χ2n) is 15.7. The first-order chi connectivity index (χ1) is 27.5. The normalized spacial score (nSPS) is 13.1. The van der Waals surface area contributed by atoms with Crippen molar-refractivity contribution in [1.29, 1.82) is 0 Å². The van der Waals surface area contributed by atoms with Crippen LogP contribution >= 0.6 is 0 Å². The van der Waals surface area contributed by atoms with Gasteiger partial charge in [-0.1, -0.05) is 121 Å². The van der Waals surface area contributed by atoms with Gasteiger partial charge in [0, 0.05) is 12.3 Å². The minimum absolute atomic E-state index is 0.111. The molecule has 0 bridgehead atoms. The van der Waals surface area contributed by atoms with Gasteiger partial charge in [-0.05, 0) is 77.3 Å². The number of amides is 2. The van der Waals surface area contributed by atoms with E-state index < -0.39 is 30.1 Å². The number of benzene rings is 5. The highest BCUT2D eigenvalue weighted by atomic mass is 16.6. The first kappa shape index (κ1) is 40.7. The van der Waals surface area contributed by atoms with E-state index in [1.807, 2.05) is 122 Å². The van der Waals surface area contributed by atoms with Crippen LogP contribution in [0.4, 0.5) is 4.79 Å². The van der Waals surface area contributed by atoms with Crippen molar-refractivity contribution in [2.45, 2.75) is 50.7 Å². The SMILES string of the molecule is Cc1ccc(C(OC(=O)C(Cc2ccccc2)NC(=O)CNC(=O)OCC2c3ccccc3-c3ccccc32)c2ccc(OCCCCC[N+](C)(C)C)cc2)cc1. The quantitative estimate of drug-likeness (QED) is 0.0530. The van der Waals surface area contributed by atoms with Crippen molar-refractivity contribution in [2.75, 3.05) is 47.4 Å². The van der Waals surface area contributed by atoms with Crippen LogP contribution in [0.1, 0.15) is 64.7 Å². The third kappa shape index (κ3) is 11.6. The van der Waals surface area contributed by atoms with Crippen molar-refractivity contribution in [3.05, 3.63) is 161 Å². The Labute approximate surface area is 336 Å². The Morgan fingerprint density at radius 2 is 1.30 bits per heavy atom. The molecule has 2 N–H and O–H groups in total. The van der Waals surface area contributed by atoms with E-state index in [0.717, 1.165) is 80.5 Å². The molecule has 9 heteroatoms. The van der Waals surface area contributed by atoms with E-state index in [4.69, 9.17) is 14.2 Å². The summed E-state index contributed by atoms with van der Waals surface area (Å²) in [5, 5.41) is 5.37. The van der Waals surface area contributed by atoms with E-state index in [1.54, 1.807) is 0 Å². The van der Waals surface area contributed by atoms with Crippen LogP contribution in [0.15, 0.2) is 127 Å². The number of hydrogen-bond acceptors (Lipinski definition) is 6. The van der Waals surface area contributed by atoms with Gasteiger partial charge in [-0.25, -0.2) is 9.59 Å². The van der Waals surface area contributed by atoms with Crippen LogP contribution in [0.2, 0.25) is 0 Å². The molecule has 0 aliphatic heterocycles. The average molecular weight is 769 g/mol. The average Bonchev–Trinajstić information content (AvgIpc) is 3.53. The summed E-state index contributed by atoms with van der Waals surface area (Å²) in [7, 11) is 6.61. The number of nitrogens with zero attached hydrogens (tertiary/aromatic N) is 1. The van der Waals surface area contributed by atoms with Crippen molar-refractivity contribution >= 4 is 18.0 Å². The minimum atomic E-state index is -1.03. The van der Waals surface area contributed by atoms with Crippen LogP contribution in [0.25, 0.3) is 11.1 Å². The lowest BCUT2D eigenvalue weighted by molar-refractivity contribution is -0.870. The smallest absolute Gasteiger partial charge is 0.407 e. The maximum atomic E-state index is 14.1. The number of unbranched alkanes of at least 4 members (excludes halogenated alkanes) is 2. The molecule has 1 aliphatic carbocycles. The molecule has 0 saturated carbocycles. The molecule has 0 heterocycles. The van der Waals surface area contributed by atoms with Crippen LogP contribution in [0.5, 0.6) is 5.75 Å². The number of aryl methyl sites for hydroxylation is 1. The Bertz CT molecular complexity index is 2050. The molecular weight excluding hydrogens is 715 g/mol. The summed E-state index contributed by atoms with van der Waals surface area (Å²) >= 11 is 0. The fourth-order valence-corrected chi connectivity index (χ4v) is 7.15. The number of ether oxygens (including phenoxy) is 3. The summed E-state index contributed by atoms with van der Waals surface area (Å²) < 4.78 is 18.9. The summed E-state index contributed by atoms with van der Waals surface area (Å²) in [6.45, 7) is 3.50. The topological polar surface area (TPSA) is 103 Å². The van der Waals surface area contributed by atoms with Crippen molar-refractivity contribution in [3.8, 4) is 16.9 Å². The summed E-state index contributed by atoms with van der Waals surface area (Å²) in [6.07, 6.45) is 1.96. The molecular formula is C48H54N3O6+. The van der Waals surface area contributed by atoms with Crippen molar-refractivity contribution in [1.82, 2.24) is 10.6 Å². The van der Waals surface area contributed by atoms with Gasteiger partial charge in [0.2, 0.25) is 5.91 Å². The summed E-state index contributed by atoms with van der Waals surface area (Å²) in [4.78, 5) is 40.3. The van der Waals surface area contributed by atoms with Gasteiger partial charge < -0.3 is 29.3 Å². The minimum Gasteiger partial charge on any atom is -0.494 e. The molecule has 2 atom stereocenters. The Hall–Kier alpha value is -5.93. The van der Waals surface area contributed by atoms with Gasteiger partial charge in [0.25, 0.3) is 0 Å². The molecule has 0 spiro atoms. The predicted octanol–water partition coefficient (Wildman–Crippen LogP) is 8.15. The van der Waals surface area contributed by atoms with Gasteiger partial charge in [0.05, 0.1) is 34.3 Å². The van der Waals surface area contributed by atoms with Gasteiger partial charge in [-0.3, -0.25) is 4.79 Å². The van der Waals surface area contributed by atoms with Crippen molar-refractivity contribution in [3.63, 3.8) is 0 Å². The van der Waals surface area contributed by atoms with E-state index in [0.29, 0.717) is 6.61 Å². The zero-order valence-corrected chi connectivity index (χ0v) is 33.4. The fraction of sp³-hybridized carbons (Fsp3) is 0.312. The fourth-order valence-electron chi connectivity index (χ4n) is 7.15. The summed E-state index contributed by atoms with van der Waals surface area (Å²) in [5.74, 6) is -0.516. The second-order valence-corrected chi connectivity index (χ2v) is 15.7. The maximum Gasteiger partial charge on any atom is 0.407 e. The van der Waals surface area contributed by atoms with E-state index in [9.17, 15) is 14.4 Å². The Morgan fingerprint density at radius 1 is 0.702 bits per heavy atom. The monoisotopic (exact) mass is 768 g/mol. The molecule has 2 unspecified atom stereocenters. The zero-order valence-electron chi connectivity index (χ0n) is 33.4. The van der Waals surface area contributed by atoms with E-state index in [-0.39, 0.29) is 25.5 Å². The van der Waals surface area contributed by atoms with Crippen molar-refractivity contribution in [2.24, 2.45) is 0 Å². The Kier molecular flexibility index (Phi) is 13.8. The number of alkyl carbamates (subject to hydrolysis) is 1. The van der Waals surface area contributed by atoms with E-state index >= 15 is 0 Å². The number of rotatable bonds is 18. The van der Waals surface area contributed by atoms with Crippen LogP contribution in [-0.4, -0.2) is 75.9 Å². The first-order valence-corrected chi connectivity index (χ1v) is 19.8. The van der Waals surface area contributed by atoms with Crippen LogP contribution < -0.4 is 15.4 Å². The van der Waals surface area contributed by atoms with Gasteiger partial charge in [-0.2, -0.15) is 0 Å². The predicted molar refractivity (Wildman–Crippen MR) is 223 cm³/mol. The molecule has 2 amide bonds. The molecule has 57 heavy (non-hydrogen) atoms. The molecule has 0 aromatic heterocycles. The van der Waals surface area contributed by atoms with E-state index in [1.165, 1.54) is 0 Å². The number of carbonyl (C=O) groups is 3. The molecule has 296 valence electrons. The highest BCUT2D eigenvalue weighted by molar-refractivity contribution is 5.87. The standard InChI is InChI=1S/C48H53N3O6/c1-34-21-23-36(24-22-34)46(37-25-27-38(28-26-37)55-30-14-6-13-29-51(2,3)4)57-47(53)44(31-35-15-7-5-8-16-35)50-45(52)32-49-48(54)56-33-43-41-19-11-9-17-39(41)40-18-10-12-20-42(40)43/h5,7-12,15-28,43-44,46H,6,13-14,29-33H2,1-4H3,(H-,49,50,52,54)/p+1. The number of esters is 1. The second kappa shape index (κ2) is 19.3. The Balaban J connectivity index is 1.08. The molecule has 0 fully saturated rings. The zero-order chi connectivity index (χ0) is 40.2. The van der Waals surface area contributed by atoms with Gasteiger partial charge in [0.1, 0.15) is 24.9 Å². The molecule has 0 radical (unpaired) electrons. The molecule has 5 aromatic rings. The molecule has 1 aliphatic rings. The third-order valence-electron chi connectivity index (χ3n) is 10.2. The maximum absolute atomic E-state index is 14.1. The van der Waals surface area contributed by atoms with E-state index in [2.05, 4.69) is 43.9 Å². The van der Waals surface area contributed by atoms with Crippen LogP contribution in [0, 0.1) is 6.92 Å². The van der Waals surface area contributed by atoms with Gasteiger partial charge in [-0.15, -0.1) is 0 Å². The van der Waals surface area contributed by atoms with Crippen molar-refractivity contribution < 1.29 is 33.1 Å². The number of hydrogen-bond donors (Lipinski definition) is 2. The lowest BCUT2D eigenvalue weighted by atomic mass is 9.98. The van der Waals surface area contributed by atoms with Crippen LogP contribution in [0.3, 0.4) is 0 Å². The molecule has 0 saturated heterocycles. The molecule has 5 aromatic carbocycles. The largest absolute Gasteiger partial charge is 0.494 e. The highest BCUT2D eigenvalue weighted by Crippen LogP contribution is 2.44. The number of fused-ring (bicyclic) bond motifs is 3. The Morgan fingerprint density at radius 3 is 1.93 bits per heavy atom. The molecule has 6 rings (SSSR count). The number of carbonyl (C=O) groups excluding carboxylic acids is 3. The third-order valence-corrected chi connectivity index (χ3v) is 10.2. The summed E-state index contributed by atoms with van der Waals surface area (Å²) in [6, 6.07) is 40.0. The summed E-state index contributed by atoms with van der Waals surface area (Å²) in [5.41, 5.74) is 7.92. The van der Waals surface area contributed by atoms with Crippen LogP contribution in [-0.2, 0) is 25.5 Å². The highest BCUT2D eigenvalue weighted by Gasteiger charge is 2.30. The van der Waals surface area contributed by atoms with Gasteiger partial charge in [0.15, 0.2) is 6.10 Å². The lowest BCUT2D eigenvalue weighted by Crippen LogP contribution is -2.47.